The number of fused-ring (bicyclic) bond motifs is 1. The smallest absolute Gasteiger partial charge is 0.318 e. The number of ether oxygens (including phenoxy) is 3. The van der Waals surface area contributed by atoms with Crippen molar-refractivity contribution in [2.75, 3.05) is 70.7 Å². The third-order valence-electron chi connectivity index (χ3n) is 6.07. The second-order valence-electron chi connectivity index (χ2n) is 8.52. The zero-order valence-electron chi connectivity index (χ0n) is 19.6. The van der Waals surface area contributed by atoms with Crippen molar-refractivity contribution in [3.8, 4) is 6.01 Å². The van der Waals surface area contributed by atoms with Gasteiger partial charge in [0.1, 0.15) is 18.0 Å². The second kappa shape index (κ2) is 10.9. The fourth-order valence-electron chi connectivity index (χ4n) is 4.16. The first kappa shape index (κ1) is 22.8. The molecule has 180 valence electrons. The van der Waals surface area contributed by atoms with Gasteiger partial charge in [0, 0.05) is 44.2 Å². The van der Waals surface area contributed by atoms with Gasteiger partial charge in [-0.15, -0.1) is 0 Å². The number of benzene rings is 1. The van der Waals surface area contributed by atoms with E-state index in [9.17, 15) is 0 Å². The lowest BCUT2D eigenvalue weighted by Gasteiger charge is -2.28. The van der Waals surface area contributed by atoms with Gasteiger partial charge < -0.3 is 23.5 Å². The predicted molar refractivity (Wildman–Crippen MR) is 128 cm³/mol. The van der Waals surface area contributed by atoms with E-state index in [0.29, 0.717) is 32.4 Å². The molecule has 0 atom stereocenters. The van der Waals surface area contributed by atoms with Gasteiger partial charge in [0.05, 0.1) is 50.3 Å². The number of hydrogen-bond acceptors (Lipinski definition) is 9. The second-order valence-corrected chi connectivity index (χ2v) is 8.52. The zero-order chi connectivity index (χ0) is 23.2. The molecule has 0 unspecified atom stereocenters. The Labute approximate surface area is 199 Å². The van der Waals surface area contributed by atoms with Crippen LogP contribution in [0.2, 0.25) is 0 Å². The van der Waals surface area contributed by atoms with Crippen molar-refractivity contribution >= 4 is 16.8 Å². The molecule has 9 nitrogen and oxygen atoms in total. The Bertz CT molecular complexity index is 1170. The molecule has 2 fully saturated rings. The molecule has 9 heteroatoms. The minimum Gasteiger partial charge on any atom is -0.464 e. The summed E-state index contributed by atoms with van der Waals surface area (Å²) in [6, 6.07) is 10.4. The quantitative estimate of drug-likeness (QED) is 0.525. The van der Waals surface area contributed by atoms with Crippen molar-refractivity contribution in [3.63, 3.8) is 0 Å². The van der Waals surface area contributed by atoms with E-state index < -0.39 is 0 Å². The Balaban J connectivity index is 1.37. The van der Waals surface area contributed by atoms with Crippen LogP contribution in [0.1, 0.15) is 11.3 Å². The van der Waals surface area contributed by atoms with Gasteiger partial charge >= 0.3 is 6.01 Å². The molecule has 0 N–H and O–H groups in total. The van der Waals surface area contributed by atoms with E-state index in [1.54, 1.807) is 6.26 Å². The highest BCUT2D eigenvalue weighted by molar-refractivity contribution is 5.76. The summed E-state index contributed by atoms with van der Waals surface area (Å²) in [7, 11) is 0. The maximum Gasteiger partial charge on any atom is 0.318 e. The van der Waals surface area contributed by atoms with Gasteiger partial charge in [-0.25, -0.2) is 0 Å². The average molecular weight is 466 g/mol. The molecule has 0 aliphatic carbocycles. The van der Waals surface area contributed by atoms with Crippen molar-refractivity contribution in [2.24, 2.45) is 4.99 Å². The van der Waals surface area contributed by atoms with Crippen molar-refractivity contribution in [1.82, 2.24) is 14.9 Å². The highest BCUT2D eigenvalue weighted by atomic mass is 16.5. The largest absolute Gasteiger partial charge is 0.464 e. The van der Waals surface area contributed by atoms with E-state index in [1.807, 2.05) is 24.3 Å². The van der Waals surface area contributed by atoms with Crippen LogP contribution >= 0.6 is 0 Å². The van der Waals surface area contributed by atoms with E-state index in [4.69, 9.17) is 28.6 Å². The number of rotatable bonds is 7. The van der Waals surface area contributed by atoms with Crippen LogP contribution in [0.25, 0.3) is 11.0 Å². The number of anilines is 1. The highest BCUT2D eigenvalue weighted by Gasteiger charge is 2.16. The lowest BCUT2D eigenvalue weighted by atomic mass is 10.1. The standard InChI is InChI=1S/C25H31N5O4/c1-19-2-3-23-21(16-19)22(4-10-33-23)26-18-20-17-24(30-8-13-32-14-9-30)28-25(27-20)34-15-7-29-5-11-31-12-6-29/h2-4,10,16-17H,5-9,11-15,18H2,1H3. The molecule has 0 radical (unpaired) electrons. The molecule has 5 rings (SSSR count). The molecular weight excluding hydrogens is 434 g/mol. The van der Waals surface area contributed by atoms with Gasteiger partial charge in [-0.1, -0.05) is 11.6 Å². The lowest BCUT2D eigenvalue weighted by Crippen LogP contribution is -2.39. The molecule has 0 spiro atoms. The normalized spacial score (nSPS) is 17.9. The zero-order valence-corrected chi connectivity index (χ0v) is 19.6. The summed E-state index contributed by atoms with van der Waals surface area (Å²) in [4.78, 5) is 18.8. The number of nitrogens with zero attached hydrogens (tertiary/aromatic N) is 5. The topological polar surface area (TPSA) is 85.5 Å². The maximum absolute atomic E-state index is 6.00. The van der Waals surface area contributed by atoms with Crippen LogP contribution in [0.4, 0.5) is 5.82 Å². The van der Waals surface area contributed by atoms with Crippen LogP contribution in [0.3, 0.4) is 0 Å². The third kappa shape index (κ3) is 5.72. The van der Waals surface area contributed by atoms with E-state index in [2.05, 4.69) is 27.8 Å². The minimum atomic E-state index is 0.395. The van der Waals surface area contributed by atoms with Gasteiger partial charge in [-0.2, -0.15) is 9.97 Å². The highest BCUT2D eigenvalue weighted by Crippen LogP contribution is 2.19. The molecule has 0 saturated carbocycles. The lowest BCUT2D eigenvalue weighted by molar-refractivity contribution is 0.0317. The molecule has 0 amide bonds. The average Bonchev–Trinajstić information content (AvgIpc) is 2.88. The number of aromatic nitrogens is 2. The summed E-state index contributed by atoms with van der Waals surface area (Å²) < 4.78 is 22.6. The Morgan fingerprint density at radius 1 is 0.971 bits per heavy atom. The number of aryl methyl sites for hydroxylation is 1. The van der Waals surface area contributed by atoms with Crippen LogP contribution in [-0.2, 0) is 16.0 Å². The van der Waals surface area contributed by atoms with Crippen molar-refractivity contribution < 1.29 is 18.6 Å². The molecule has 0 bridgehead atoms. The molecule has 4 heterocycles. The van der Waals surface area contributed by atoms with Crippen molar-refractivity contribution in [1.29, 1.82) is 0 Å². The minimum absolute atomic E-state index is 0.395. The first-order valence-electron chi connectivity index (χ1n) is 11.9. The fourth-order valence-corrected chi connectivity index (χ4v) is 4.16. The Hall–Kier alpha value is -3.01. The van der Waals surface area contributed by atoms with Crippen LogP contribution in [-0.4, -0.2) is 80.6 Å². The first-order chi connectivity index (χ1) is 16.7. The number of morpholine rings is 2. The summed E-state index contributed by atoms with van der Waals surface area (Å²) in [5.74, 6) is 0.855. The summed E-state index contributed by atoms with van der Waals surface area (Å²) in [5.41, 5.74) is 2.80. The number of hydrogen-bond donors (Lipinski definition) is 0. The van der Waals surface area contributed by atoms with Gasteiger partial charge in [-0.3, -0.25) is 9.89 Å². The summed E-state index contributed by atoms with van der Waals surface area (Å²) in [6.07, 6.45) is 1.68. The van der Waals surface area contributed by atoms with Crippen molar-refractivity contribution in [3.05, 3.63) is 53.2 Å². The van der Waals surface area contributed by atoms with Crippen LogP contribution in [0.15, 0.2) is 46.0 Å². The molecule has 1 aromatic carbocycles. The van der Waals surface area contributed by atoms with Gasteiger partial charge in [0.25, 0.3) is 0 Å². The summed E-state index contributed by atoms with van der Waals surface area (Å²) in [5, 5.41) is 1.87. The molecule has 2 aliphatic rings. The molecule has 2 aliphatic heterocycles. The van der Waals surface area contributed by atoms with E-state index in [0.717, 1.165) is 79.3 Å². The van der Waals surface area contributed by atoms with Crippen LogP contribution in [0, 0.1) is 6.92 Å². The molecule has 34 heavy (non-hydrogen) atoms. The Morgan fingerprint density at radius 3 is 2.59 bits per heavy atom. The monoisotopic (exact) mass is 465 g/mol. The molecule has 2 aromatic heterocycles. The molecule has 2 saturated heterocycles. The SMILES string of the molecule is Cc1ccc2occc(=NCc3cc(N4CCOCC4)nc(OCCN4CCOCC4)n3)c2c1. The van der Waals surface area contributed by atoms with E-state index >= 15 is 0 Å². The maximum atomic E-state index is 6.00. The van der Waals surface area contributed by atoms with Gasteiger partial charge in [-0.05, 0) is 25.1 Å². The van der Waals surface area contributed by atoms with E-state index in [-0.39, 0.29) is 0 Å². The Morgan fingerprint density at radius 2 is 1.76 bits per heavy atom. The predicted octanol–water partition coefficient (Wildman–Crippen LogP) is 2.18. The van der Waals surface area contributed by atoms with Crippen LogP contribution < -0.4 is 15.0 Å². The molecule has 3 aromatic rings. The Kier molecular flexibility index (Phi) is 7.33. The van der Waals surface area contributed by atoms with Gasteiger partial charge in [0.15, 0.2) is 0 Å². The molecular formula is C25H31N5O4. The van der Waals surface area contributed by atoms with Gasteiger partial charge in [0.2, 0.25) is 0 Å². The first-order valence-corrected chi connectivity index (χ1v) is 11.9. The third-order valence-corrected chi connectivity index (χ3v) is 6.07. The summed E-state index contributed by atoms with van der Waals surface area (Å²) in [6.45, 7) is 10.2. The fraction of sp³-hybridized carbons (Fsp3) is 0.480. The van der Waals surface area contributed by atoms with Crippen LogP contribution in [0.5, 0.6) is 6.01 Å². The summed E-state index contributed by atoms with van der Waals surface area (Å²) >= 11 is 0. The van der Waals surface area contributed by atoms with E-state index in [1.165, 1.54) is 0 Å². The van der Waals surface area contributed by atoms with Crippen molar-refractivity contribution in [2.45, 2.75) is 13.5 Å².